The summed E-state index contributed by atoms with van der Waals surface area (Å²) >= 11 is 0. The molecule has 2 rings (SSSR count). The van der Waals surface area contributed by atoms with Gasteiger partial charge in [-0.25, -0.2) is 0 Å². The maximum absolute atomic E-state index is 12.2. The van der Waals surface area contributed by atoms with Crippen molar-refractivity contribution < 1.29 is 27.0 Å². The van der Waals surface area contributed by atoms with Crippen molar-refractivity contribution in [3.63, 3.8) is 0 Å². The highest BCUT2D eigenvalue weighted by atomic mass is 32.2. The largest absolute Gasteiger partial charge is 0.343 e. The Balaban J connectivity index is 2.13. The summed E-state index contributed by atoms with van der Waals surface area (Å²) in [7, 11) is -4.09. The molecule has 0 amide bonds. The molecule has 0 bridgehead atoms. The van der Waals surface area contributed by atoms with Crippen LogP contribution >= 0.6 is 0 Å². The lowest BCUT2D eigenvalue weighted by Gasteiger charge is -2.37. The van der Waals surface area contributed by atoms with Gasteiger partial charge in [0.2, 0.25) is 0 Å². The smallest absolute Gasteiger partial charge is 0.297 e. The zero-order valence-electron chi connectivity index (χ0n) is 13.1. The van der Waals surface area contributed by atoms with Crippen LogP contribution in [0.3, 0.4) is 0 Å². The lowest BCUT2D eigenvalue weighted by Crippen LogP contribution is -2.58. The van der Waals surface area contributed by atoms with Crippen molar-refractivity contribution >= 4 is 10.1 Å². The number of hydrogen-bond acceptors (Lipinski definition) is 7. The van der Waals surface area contributed by atoms with Gasteiger partial charge in [-0.1, -0.05) is 17.7 Å². The molecule has 0 atom stereocenters. The highest BCUT2D eigenvalue weighted by molar-refractivity contribution is 7.86. The first-order chi connectivity index (χ1) is 10.6. The molecule has 9 heteroatoms. The average molecular weight is 345 g/mol. The second kappa shape index (κ2) is 6.16. The van der Waals surface area contributed by atoms with E-state index >= 15 is 0 Å². The molecule has 0 aliphatic carbocycles. The van der Waals surface area contributed by atoms with E-state index in [2.05, 4.69) is 0 Å². The summed E-state index contributed by atoms with van der Waals surface area (Å²) in [5.41, 5.74) is -0.866. The van der Waals surface area contributed by atoms with Gasteiger partial charge < -0.3 is 9.47 Å². The second-order valence-corrected chi connectivity index (χ2v) is 7.60. The molecule has 0 N–H and O–H groups in total. The predicted molar refractivity (Wildman–Crippen MR) is 80.0 cm³/mol. The first-order valence-corrected chi connectivity index (χ1v) is 8.36. The van der Waals surface area contributed by atoms with E-state index in [-0.39, 0.29) is 18.1 Å². The first kappa shape index (κ1) is 17.8. The molecule has 8 nitrogen and oxygen atoms in total. The monoisotopic (exact) mass is 345 g/mol. The van der Waals surface area contributed by atoms with Gasteiger partial charge in [-0.3, -0.25) is 14.3 Å². The van der Waals surface area contributed by atoms with Gasteiger partial charge in [0, 0.05) is 4.92 Å². The maximum atomic E-state index is 12.2. The highest BCUT2D eigenvalue weighted by Crippen LogP contribution is 2.27. The summed E-state index contributed by atoms with van der Waals surface area (Å²) in [6.45, 7) is 3.82. The summed E-state index contributed by atoms with van der Waals surface area (Å²) in [5, 5.41) is 11.4. The van der Waals surface area contributed by atoms with Crippen LogP contribution in [0, 0.1) is 17.0 Å². The van der Waals surface area contributed by atoms with E-state index < -0.39 is 33.0 Å². The Kier molecular flexibility index (Phi) is 4.76. The van der Waals surface area contributed by atoms with Gasteiger partial charge in [0.25, 0.3) is 15.7 Å². The molecule has 1 saturated heterocycles. The predicted octanol–water partition coefficient (Wildman–Crippen LogP) is 1.50. The molecule has 1 fully saturated rings. The van der Waals surface area contributed by atoms with Crippen LogP contribution in [-0.4, -0.2) is 44.5 Å². The van der Waals surface area contributed by atoms with Gasteiger partial charge in [-0.05, 0) is 32.9 Å². The third kappa shape index (κ3) is 4.05. The van der Waals surface area contributed by atoms with Crippen LogP contribution in [0.15, 0.2) is 29.2 Å². The molecule has 1 aromatic rings. The fraction of sp³-hybridized carbons (Fsp3) is 0.571. The van der Waals surface area contributed by atoms with Gasteiger partial charge in [-0.15, -0.1) is 0 Å². The van der Waals surface area contributed by atoms with Crippen LogP contribution in [0.2, 0.25) is 0 Å². The van der Waals surface area contributed by atoms with Crippen LogP contribution in [0.5, 0.6) is 0 Å². The molecule has 0 spiro atoms. The van der Waals surface area contributed by atoms with Crippen LogP contribution < -0.4 is 0 Å². The molecule has 0 radical (unpaired) electrons. The van der Waals surface area contributed by atoms with E-state index in [1.54, 1.807) is 26.0 Å². The molecule has 1 aliphatic heterocycles. The Labute approximate surface area is 134 Å². The third-order valence-corrected chi connectivity index (χ3v) is 4.83. The molecule has 0 unspecified atom stereocenters. The Morgan fingerprint density at radius 2 is 1.74 bits per heavy atom. The van der Waals surface area contributed by atoms with Crippen molar-refractivity contribution in [3.8, 4) is 0 Å². The summed E-state index contributed by atoms with van der Waals surface area (Å²) in [5.74, 6) is -0.949. The van der Waals surface area contributed by atoms with E-state index in [1.807, 2.05) is 6.92 Å². The Hall–Kier alpha value is -1.55. The van der Waals surface area contributed by atoms with Crippen LogP contribution in [0.25, 0.3) is 0 Å². The quantitative estimate of drug-likeness (QED) is 0.452. The van der Waals surface area contributed by atoms with Crippen molar-refractivity contribution in [3.05, 3.63) is 39.9 Å². The van der Waals surface area contributed by atoms with E-state index in [0.717, 1.165) is 5.56 Å². The van der Waals surface area contributed by atoms with Gasteiger partial charge in [0.15, 0.2) is 5.79 Å². The molecule has 1 heterocycles. The van der Waals surface area contributed by atoms with E-state index in [0.29, 0.717) is 0 Å². The zero-order chi connectivity index (χ0) is 17.3. The van der Waals surface area contributed by atoms with Gasteiger partial charge in [0.05, 0.1) is 4.90 Å². The maximum Gasteiger partial charge on any atom is 0.297 e. The number of nitro groups is 1. The van der Waals surface area contributed by atoms with Crippen molar-refractivity contribution in [1.82, 2.24) is 0 Å². The zero-order valence-corrected chi connectivity index (χ0v) is 14.0. The molecular weight excluding hydrogens is 326 g/mol. The van der Waals surface area contributed by atoms with Crippen LogP contribution in [0.1, 0.15) is 19.4 Å². The Morgan fingerprint density at radius 3 is 2.22 bits per heavy atom. The number of rotatable bonds is 5. The SMILES string of the molecule is Cc1ccc(S(=O)(=O)OCC2([N+](=O)[O-])COC(C)(C)OC2)cc1. The van der Waals surface area contributed by atoms with E-state index in [9.17, 15) is 18.5 Å². The molecule has 1 aromatic carbocycles. The average Bonchev–Trinajstić information content (AvgIpc) is 2.47. The summed E-state index contributed by atoms with van der Waals surface area (Å²) < 4.78 is 39.8. The minimum atomic E-state index is -4.09. The van der Waals surface area contributed by atoms with Crippen LogP contribution in [-0.2, 0) is 23.8 Å². The molecular formula is C14H19NO7S. The third-order valence-electron chi connectivity index (χ3n) is 3.56. The van der Waals surface area contributed by atoms with Crippen molar-refractivity contribution in [1.29, 1.82) is 0 Å². The number of ether oxygens (including phenoxy) is 2. The fourth-order valence-electron chi connectivity index (χ4n) is 1.90. The summed E-state index contributed by atoms with van der Waals surface area (Å²) in [4.78, 5) is 10.7. The lowest BCUT2D eigenvalue weighted by molar-refractivity contribution is -0.597. The number of hydrogen-bond donors (Lipinski definition) is 0. The number of benzene rings is 1. The van der Waals surface area contributed by atoms with Gasteiger partial charge in [-0.2, -0.15) is 8.42 Å². The van der Waals surface area contributed by atoms with Crippen LogP contribution in [0.4, 0.5) is 0 Å². The minimum absolute atomic E-state index is 0.0560. The summed E-state index contributed by atoms with van der Waals surface area (Å²) in [6.07, 6.45) is 0. The van der Waals surface area contributed by atoms with Crippen molar-refractivity contribution in [2.24, 2.45) is 0 Å². The van der Waals surface area contributed by atoms with Gasteiger partial charge >= 0.3 is 0 Å². The highest BCUT2D eigenvalue weighted by Gasteiger charge is 2.51. The van der Waals surface area contributed by atoms with E-state index in [4.69, 9.17) is 13.7 Å². The fourth-order valence-corrected chi connectivity index (χ4v) is 2.88. The molecule has 23 heavy (non-hydrogen) atoms. The first-order valence-electron chi connectivity index (χ1n) is 6.95. The summed E-state index contributed by atoms with van der Waals surface area (Å²) in [6, 6.07) is 6.02. The number of aryl methyl sites for hydroxylation is 1. The van der Waals surface area contributed by atoms with Crippen molar-refractivity contribution in [2.45, 2.75) is 37.0 Å². The minimum Gasteiger partial charge on any atom is -0.343 e. The molecule has 1 aliphatic rings. The number of nitrogens with zero attached hydrogens (tertiary/aromatic N) is 1. The van der Waals surface area contributed by atoms with Crippen molar-refractivity contribution in [2.75, 3.05) is 19.8 Å². The Bertz CT molecular complexity index is 672. The molecule has 128 valence electrons. The normalized spacial score (nSPS) is 20.1. The lowest BCUT2D eigenvalue weighted by atomic mass is 10.0. The second-order valence-electron chi connectivity index (χ2n) is 5.99. The topological polar surface area (TPSA) is 105 Å². The molecule has 0 saturated carbocycles. The Morgan fingerprint density at radius 1 is 1.22 bits per heavy atom. The van der Waals surface area contributed by atoms with E-state index in [1.165, 1.54) is 12.1 Å². The van der Waals surface area contributed by atoms with Gasteiger partial charge in [0.1, 0.15) is 19.8 Å². The standard InChI is InChI=1S/C14H19NO7S/c1-11-4-6-12(7-5-11)23(18,19)22-10-14(15(16)17)8-20-13(2,3)21-9-14/h4-7H,8-10H2,1-3H3. The molecule has 0 aromatic heterocycles.